The van der Waals surface area contributed by atoms with E-state index in [-0.39, 0.29) is 37.3 Å². The molecule has 1 aromatic carbocycles. The summed E-state index contributed by atoms with van der Waals surface area (Å²) >= 11 is 0. The Hall–Kier alpha value is -3.27. The minimum absolute atomic E-state index is 0.0448. The Balaban J connectivity index is 2.47. The molecule has 36 heavy (non-hydrogen) atoms. The minimum atomic E-state index is -2.57. The van der Waals surface area contributed by atoms with E-state index in [0.29, 0.717) is 11.8 Å². The van der Waals surface area contributed by atoms with Crippen LogP contribution in [0, 0.1) is 18.3 Å². The average Bonchev–Trinajstić information content (AvgIpc) is 3.03. The molecule has 10 nitrogen and oxygen atoms in total. The van der Waals surface area contributed by atoms with Gasteiger partial charge in [-0.2, -0.15) is 0 Å². The number of aldehydes is 1. The normalized spacial score (nSPS) is 24.8. The van der Waals surface area contributed by atoms with Crippen LogP contribution < -0.4 is 4.90 Å². The van der Waals surface area contributed by atoms with Gasteiger partial charge in [0, 0.05) is 5.92 Å². The molecule has 1 fully saturated rings. The number of fused-ring (bicyclic) bond motifs is 2. The van der Waals surface area contributed by atoms with Gasteiger partial charge in [0.25, 0.3) is 5.91 Å². The van der Waals surface area contributed by atoms with E-state index in [1.807, 2.05) is 0 Å². The second kappa shape index (κ2) is 9.65. The molecule has 0 unspecified atom stereocenters. The smallest absolute Gasteiger partial charge is 0.421 e. The third-order valence-corrected chi connectivity index (χ3v) is 6.72. The van der Waals surface area contributed by atoms with Crippen LogP contribution >= 0.6 is 0 Å². The number of carbonyl (C=O) groups excluding carboxylic acids is 5. The van der Waals surface area contributed by atoms with Gasteiger partial charge in [0.2, 0.25) is 0 Å². The van der Waals surface area contributed by atoms with E-state index < -0.39 is 52.4 Å². The number of esters is 2. The number of amides is 2. The van der Waals surface area contributed by atoms with Crippen LogP contribution in [0.5, 0.6) is 0 Å². The SMILES string of the molecule is CCOC(=O)C1(C(=O)OCC)[C@@H](C=O)CC[C@H](O)[C@]12C(=O)N(C(=O)OC(C)(C)C)c1ccc(C)cc12. The predicted octanol–water partition coefficient (Wildman–Crippen LogP) is 2.60. The lowest BCUT2D eigenvalue weighted by atomic mass is 9.48. The third kappa shape index (κ3) is 3.78. The maximum absolute atomic E-state index is 14.4. The maximum atomic E-state index is 14.4. The first-order valence-corrected chi connectivity index (χ1v) is 12.0. The molecule has 0 radical (unpaired) electrons. The zero-order chi connectivity index (χ0) is 27.1. The van der Waals surface area contributed by atoms with E-state index in [4.69, 9.17) is 14.2 Å². The van der Waals surface area contributed by atoms with Gasteiger partial charge in [0.05, 0.1) is 25.0 Å². The molecule has 1 aliphatic heterocycles. The monoisotopic (exact) mass is 503 g/mol. The summed E-state index contributed by atoms with van der Waals surface area (Å²) in [6.45, 7) is 9.28. The number of nitrogens with zero attached hydrogens (tertiary/aromatic N) is 1. The summed E-state index contributed by atoms with van der Waals surface area (Å²) < 4.78 is 16.1. The number of carbonyl (C=O) groups is 5. The molecular weight excluding hydrogens is 470 g/mol. The molecular formula is C26H33NO9. The summed E-state index contributed by atoms with van der Waals surface area (Å²) in [5.74, 6) is -4.77. The van der Waals surface area contributed by atoms with Crippen molar-refractivity contribution in [2.45, 2.75) is 71.5 Å². The molecule has 1 spiro atoms. The number of hydrogen-bond donors (Lipinski definition) is 1. The molecule has 3 atom stereocenters. The van der Waals surface area contributed by atoms with Crippen molar-refractivity contribution < 1.29 is 43.3 Å². The molecule has 0 bridgehead atoms. The number of aryl methyl sites for hydroxylation is 1. The highest BCUT2D eigenvalue weighted by atomic mass is 16.6. The van der Waals surface area contributed by atoms with Gasteiger partial charge in [0.1, 0.15) is 17.3 Å². The lowest BCUT2D eigenvalue weighted by molar-refractivity contribution is -0.198. The number of benzene rings is 1. The highest BCUT2D eigenvalue weighted by molar-refractivity contribution is 6.26. The Kier molecular flexibility index (Phi) is 7.32. The number of ether oxygens (including phenoxy) is 3. The van der Waals surface area contributed by atoms with E-state index >= 15 is 0 Å². The number of aliphatic hydroxyl groups is 1. The molecule has 2 aliphatic rings. The molecule has 0 aromatic heterocycles. The zero-order valence-corrected chi connectivity index (χ0v) is 21.5. The van der Waals surface area contributed by atoms with Gasteiger partial charge < -0.3 is 24.1 Å². The van der Waals surface area contributed by atoms with Crippen molar-refractivity contribution in [1.29, 1.82) is 0 Å². The fourth-order valence-electron chi connectivity index (χ4n) is 5.45. The number of anilines is 1. The highest BCUT2D eigenvalue weighted by Crippen LogP contribution is 2.62. The van der Waals surface area contributed by atoms with Gasteiger partial charge >= 0.3 is 18.0 Å². The van der Waals surface area contributed by atoms with Crippen LogP contribution in [0.1, 0.15) is 58.6 Å². The molecule has 1 aromatic rings. The Labute approximate surface area is 209 Å². The number of rotatable bonds is 5. The quantitative estimate of drug-likeness (QED) is 0.278. The highest BCUT2D eigenvalue weighted by Gasteiger charge is 2.79. The van der Waals surface area contributed by atoms with Crippen LogP contribution in [-0.4, -0.2) is 60.3 Å². The van der Waals surface area contributed by atoms with Crippen molar-refractivity contribution in [2.75, 3.05) is 18.1 Å². The van der Waals surface area contributed by atoms with Crippen LogP contribution in [0.3, 0.4) is 0 Å². The topological polar surface area (TPSA) is 137 Å². The van der Waals surface area contributed by atoms with Crippen molar-refractivity contribution in [3.8, 4) is 0 Å². The van der Waals surface area contributed by atoms with Gasteiger partial charge in [-0.1, -0.05) is 17.7 Å². The fourth-order valence-corrected chi connectivity index (χ4v) is 5.45. The number of imide groups is 1. The second-order valence-corrected chi connectivity index (χ2v) is 10.0. The van der Waals surface area contributed by atoms with Crippen LogP contribution in [0.2, 0.25) is 0 Å². The van der Waals surface area contributed by atoms with Crippen molar-refractivity contribution in [1.82, 2.24) is 0 Å². The van der Waals surface area contributed by atoms with Gasteiger partial charge in [-0.15, -0.1) is 0 Å². The van der Waals surface area contributed by atoms with E-state index in [2.05, 4.69) is 0 Å². The first-order valence-electron chi connectivity index (χ1n) is 12.0. The molecule has 10 heteroatoms. The van der Waals surface area contributed by atoms with E-state index in [9.17, 15) is 29.1 Å². The minimum Gasteiger partial charge on any atom is -0.465 e. The van der Waals surface area contributed by atoms with Gasteiger partial charge in [-0.3, -0.25) is 14.4 Å². The van der Waals surface area contributed by atoms with Gasteiger partial charge in [-0.05, 0) is 66.0 Å². The summed E-state index contributed by atoms with van der Waals surface area (Å²) in [5.41, 5.74) is -5.19. The van der Waals surface area contributed by atoms with Crippen molar-refractivity contribution in [3.63, 3.8) is 0 Å². The van der Waals surface area contributed by atoms with E-state index in [0.717, 1.165) is 4.90 Å². The van der Waals surface area contributed by atoms with Crippen molar-refractivity contribution in [2.24, 2.45) is 11.3 Å². The lowest BCUT2D eigenvalue weighted by Crippen LogP contribution is -2.71. The number of hydrogen-bond acceptors (Lipinski definition) is 9. The second-order valence-electron chi connectivity index (χ2n) is 10.0. The van der Waals surface area contributed by atoms with Crippen molar-refractivity contribution >= 4 is 35.9 Å². The summed E-state index contributed by atoms with van der Waals surface area (Å²) in [6.07, 6.45) is -2.42. The Morgan fingerprint density at radius 3 is 2.19 bits per heavy atom. The molecule has 3 rings (SSSR count). The third-order valence-electron chi connectivity index (χ3n) is 6.72. The molecule has 1 aliphatic carbocycles. The summed E-state index contributed by atoms with van der Waals surface area (Å²) in [5, 5.41) is 11.6. The molecule has 0 saturated heterocycles. The molecule has 1 heterocycles. The van der Waals surface area contributed by atoms with E-state index in [1.54, 1.807) is 33.8 Å². The molecule has 1 N–H and O–H groups in total. The van der Waals surface area contributed by atoms with Gasteiger partial charge in [-0.25, -0.2) is 9.69 Å². The molecule has 2 amide bonds. The largest absolute Gasteiger partial charge is 0.465 e. The summed E-state index contributed by atoms with van der Waals surface area (Å²) in [4.78, 5) is 68.4. The summed E-state index contributed by atoms with van der Waals surface area (Å²) in [7, 11) is 0. The summed E-state index contributed by atoms with van der Waals surface area (Å²) in [6, 6.07) is 4.66. The Morgan fingerprint density at radius 1 is 1.11 bits per heavy atom. The predicted molar refractivity (Wildman–Crippen MR) is 127 cm³/mol. The van der Waals surface area contributed by atoms with Crippen LogP contribution in [0.15, 0.2) is 18.2 Å². The first-order chi connectivity index (χ1) is 16.8. The standard InChI is InChI=1S/C26H33NO9/c1-7-34-21(31)25(22(32)35-8-2)16(14-28)10-12-19(29)26(25)17-13-15(3)9-11-18(17)27(20(26)30)23(33)36-24(4,5)6/h9,11,13-14,16,19,29H,7-8,10,12H2,1-6H3/t16-,19+,26-/m1/s1. The Bertz CT molecular complexity index is 1070. The van der Waals surface area contributed by atoms with Crippen LogP contribution in [-0.2, 0) is 38.8 Å². The maximum Gasteiger partial charge on any atom is 0.421 e. The average molecular weight is 504 g/mol. The zero-order valence-electron chi connectivity index (χ0n) is 21.5. The van der Waals surface area contributed by atoms with Crippen LogP contribution in [0.25, 0.3) is 0 Å². The van der Waals surface area contributed by atoms with Crippen LogP contribution in [0.4, 0.5) is 10.5 Å². The van der Waals surface area contributed by atoms with E-state index in [1.165, 1.54) is 26.0 Å². The molecule has 196 valence electrons. The lowest BCUT2D eigenvalue weighted by Gasteiger charge is -2.51. The number of aliphatic hydroxyl groups excluding tert-OH is 1. The molecule has 1 saturated carbocycles. The Morgan fingerprint density at radius 2 is 1.69 bits per heavy atom. The first kappa shape index (κ1) is 27.3. The van der Waals surface area contributed by atoms with Gasteiger partial charge in [0.15, 0.2) is 5.41 Å². The van der Waals surface area contributed by atoms with Crippen molar-refractivity contribution in [3.05, 3.63) is 29.3 Å². The fraction of sp³-hybridized carbons (Fsp3) is 0.577.